The number of aryl methyl sites for hydroxylation is 3. The smallest absolute Gasteiger partial charge is 0.306 e. The van der Waals surface area contributed by atoms with Crippen LogP contribution >= 0.6 is 0 Å². The highest BCUT2D eigenvalue weighted by Crippen LogP contribution is 2.16. The van der Waals surface area contributed by atoms with Crippen molar-refractivity contribution in [3.05, 3.63) is 65.1 Å². The lowest BCUT2D eigenvalue weighted by Crippen LogP contribution is -2.25. The molecule has 0 spiro atoms. The van der Waals surface area contributed by atoms with Crippen molar-refractivity contribution in [2.45, 2.75) is 40.0 Å². The molecule has 1 N–H and O–H groups in total. The zero-order valence-electron chi connectivity index (χ0n) is 20.4. The van der Waals surface area contributed by atoms with Crippen LogP contribution < -0.4 is 5.32 Å². The summed E-state index contributed by atoms with van der Waals surface area (Å²) in [4.78, 5) is 45.7. The normalized spacial score (nSPS) is 12.9. The fourth-order valence-electron chi connectivity index (χ4n) is 3.75. The highest BCUT2D eigenvalue weighted by Gasteiger charge is 2.22. The number of amides is 2. The molecule has 0 bridgehead atoms. The van der Waals surface area contributed by atoms with Crippen LogP contribution in [0.3, 0.4) is 0 Å². The number of nitrogens with zero attached hydrogens (tertiary/aromatic N) is 6. The molecular weight excluding hydrogens is 462 g/mol. The minimum absolute atomic E-state index is 0.0535. The van der Waals surface area contributed by atoms with Crippen molar-refractivity contribution >= 4 is 29.3 Å². The van der Waals surface area contributed by atoms with Gasteiger partial charge in [-0.25, -0.2) is 15.0 Å². The maximum atomic E-state index is 12.4. The van der Waals surface area contributed by atoms with Gasteiger partial charge in [-0.3, -0.25) is 14.4 Å². The third-order valence-electron chi connectivity index (χ3n) is 5.36. The summed E-state index contributed by atoms with van der Waals surface area (Å²) < 4.78 is 6.48. The molecule has 11 nitrogen and oxygen atoms in total. The van der Waals surface area contributed by atoms with Crippen LogP contribution in [0.1, 0.15) is 41.9 Å². The monoisotopic (exact) mass is 489 g/mol. The van der Waals surface area contributed by atoms with Crippen LogP contribution in [0.25, 0.3) is 5.95 Å². The Balaban J connectivity index is 1.26. The van der Waals surface area contributed by atoms with Gasteiger partial charge in [0.25, 0.3) is 11.9 Å². The molecule has 1 aliphatic heterocycles. The number of esters is 1. The van der Waals surface area contributed by atoms with Gasteiger partial charge in [-0.15, -0.1) is 0 Å². The molecule has 1 aliphatic rings. The molecule has 36 heavy (non-hydrogen) atoms. The number of hydrazone groups is 1. The average molecular weight is 490 g/mol. The number of ether oxygens (including phenoxy) is 1. The van der Waals surface area contributed by atoms with Crippen molar-refractivity contribution in [1.82, 2.24) is 24.8 Å². The lowest BCUT2D eigenvalue weighted by Gasteiger charge is -2.11. The number of benzene rings is 1. The van der Waals surface area contributed by atoms with Gasteiger partial charge in [0.05, 0.1) is 24.4 Å². The minimum atomic E-state index is -0.646. The molecule has 2 aromatic heterocycles. The van der Waals surface area contributed by atoms with Crippen LogP contribution in [-0.2, 0) is 19.1 Å². The summed E-state index contributed by atoms with van der Waals surface area (Å²) in [6.07, 6.45) is 0.456. The summed E-state index contributed by atoms with van der Waals surface area (Å²) in [5.74, 6) is -0.777. The number of hydrogen-bond donors (Lipinski definition) is 1. The zero-order chi connectivity index (χ0) is 25.7. The molecule has 3 aromatic rings. The van der Waals surface area contributed by atoms with Gasteiger partial charge >= 0.3 is 5.97 Å². The second-order valence-electron chi connectivity index (χ2n) is 8.42. The van der Waals surface area contributed by atoms with E-state index in [0.717, 1.165) is 22.7 Å². The summed E-state index contributed by atoms with van der Waals surface area (Å²) in [5, 5.41) is 12.7. The first-order valence-electron chi connectivity index (χ1n) is 11.6. The van der Waals surface area contributed by atoms with E-state index in [1.807, 2.05) is 50.2 Å². The van der Waals surface area contributed by atoms with E-state index >= 15 is 0 Å². The van der Waals surface area contributed by atoms with Crippen molar-refractivity contribution in [2.24, 2.45) is 5.10 Å². The van der Waals surface area contributed by atoms with Gasteiger partial charge in [0.15, 0.2) is 6.61 Å². The van der Waals surface area contributed by atoms with Crippen LogP contribution in [0.5, 0.6) is 0 Å². The molecule has 1 aromatic carbocycles. The number of hydrogen-bond acceptors (Lipinski definition) is 8. The van der Waals surface area contributed by atoms with Gasteiger partial charge in [-0.1, -0.05) is 30.3 Å². The summed E-state index contributed by atoms with van der Waals surface area (Å²) >= 11 is 0. The Hall–Kier alpha value is -4.41. The predicted molar refractivity (Wildman–Crippen MR) is 131 cm³/mol. The molecule has 0 saturated heterocycles. The third-order valence-corrected chi connectivity index (χ3v) is 5.36. The topological polar surface area (TPSA) is 132 Å². The third kappa shape index (κ3) is 6.17. The Labute approximate surface area is 208 Å². The molecular formula is C25H27N7O4. The van der Waals surface area contributed by atoms with Crippen molar-refractivity contribution in [2.75, 3.05) is 18.5 Å². The molecule has 0 fully saturated rings. The molecule has 0 atom stereocenters. The predicted octanol–water partition coefficient (Wildman–Crippen LogP) is 2.49. The van der Waals surface area contributed by atoms with E-state index in [9.17, 15) is 14.4 Å². The van der Waals surface area contributed by atoms with E-state index in [1.165, 1.54) is 9.69 Å². The van der Waals surface area contributed by atoms with Gasteiger partial charge in [-0.05, 0) is 32.4 Å². The Morgan fingerprint density at radius 1 is 0.972 bits per heavy atom. The molecule has 3 heterocycles. The number of nitrogens with one attached hydrogen (secondary N) is 1. The van der Waals surface area contributed by atoms with Crippen molar-refractivity contribution < 1.29 is 19.1 Å². The van der Waals surface area contributed by atoms with Crippen LogP contribution in [-0.4, -0.2) is 61.4 Å². The Kier molecular flexibility index (Phi) is 7.47. The van der Waals surface area contributed by atoms with E-state index in [4.69, 9.17) is 4.74 Å². The standard InChI is InChI=1S/C25H27N7O4/c1-16-13-17(2)27-25(26-16)32-21(14-18(3)29-32)28-22(33)15-36-24(35)10-9-23(34)31-12-11-20(30-31)19-7-5-4-6-8-19/h4-8,13-14H,9-12,15H2,1-3H3,(H,28,33). The largest absolute Gasteiger partial charge is 0.456 e. The van der Waals surface area contributed by atoms with Crippen molar-refractivity contribution in [1.29, 1.82) is 0 Å². The fraction of sp³-hybridized carbons (Fsp3) is 0.320. The van der Waals surface area contributed by atoms with Gasteiger partial charge in [-0.2, -0.15) is 14.9 Å². The second kappa shape index (κ2) is 10.9. The molecule has 2 amide bonds. The molecule has 11 heteroatoms. The number of rotatable bonds is 8. The number of carbonyl (C=O) groups is 3. The van der Waals surface area contributed by atoms with Crippen LogP contribution in [0.2, 0.25) is 0 Å². The molecule has 0 unspecified atom stereocenters. The Bertz CT molecular complexity index is 1300. The van der Waals surface area contributed by atoms with Gasteiger partial charge < -0.3 is 10.1 Å². The number of anilines is 1. The Morgan fingerprint density at radius 3 is 2.42 bits per heavy atom. The summed E-state index contributed by atoms with van der Waals surface area (Å²) in [5.41, 5.74) is 4.00. The maximum Gasteiger partial charge on any atom is 0.306 e. The number of carbonyl (C=O) groups excluding carboxylic acids is 3. The van der Waals surface area contributed by atoms with Crippen LogP contribution in [0, 0.1) is 20.8 Å². The molecule has 186 valence electrons. The van der Waals surface area contributed by atoms with Crippen LogP contribution in [0.15, 0.2) is 47.6 Å². The first kappa shape index (κ1) is 24.7. The fourth-order valence-corrected chi connectivity index (χ4v) is 3.75. The first-order valence-corrected chi connectivity index (χ1v) is 11.6. The lowest BCUT2D eigenvalue weighted by atomic mass is 10.1. The summed E-state index contributed by atoms with van der Waals surface area (Å²) in [6.45, 7) is 5.44. The van der Waals surface area contributed by atoms with Crippen molar-refractivity contribution in [3.8, 4) is 5.95 Å². The molecule has 0 aliphatic carbocycles. The van der Waals surface area contributed by atoms with E-state index in [0.29, 0.717) is 30.4 Å². The van der Waals surface area contributed by atoms with Crippen molar-refractivity contribution in [3.63, 3.8) is 0 Å². The van der Waals surface area contributed by atoms with Gasteiger partial charge in [0.1, 0.15) is 5.82 Å². The van der Waals surface area contributed by atoms with Crippen LogP contribution in [0.4, 0.5) is 5.82 Å². The summed E-state index contributed by atoms with van der Waals surface area (Å²) in [6, 6.07) is 13.1. The molecule has 4 rings (SSSR count). The lowest BCUT2D eigenvalue weighted by molar-refractivity contribution is -0.148. The van der Waals surface area contributed by atoms with Gasteiger partial charge in [0.2, 0.25) is 5.91 Å². The molecule has 0 saturated carbocycles. The van der Waals surface area contributed by atoms with E-state index < -0.39 is 18.5 Å². The number of aromatic nitrogens is 4. The Morgan fingerprint density at radius 2 is 1.69 bits per heavy atom. The van der Waals surface area contributed by atoms with E-state index in [-0.39, 0.29) is 18.7 Å². The van der Waals surface area contributed by atoms with E-state index in [2.05, 4.69) is 25.5 Å². The van der Waals surface area contributed by atoms with E-state index in [1.54, 1.807) is 13.0 Å². The molecule has 0 radical (unpaired) electrons. The average Bonchev–Trinajstić information content (AvgIpc) is 3.48. The first-order chi connectivity index (χ1) is 17.3. The zero-order valence-corrected chi connectivity index (χ0v) is 20.4. The minimum Gasteiger partial charge on any atom is -0.456 e. The maximum absolute atomic E-state index is 12.4. The highest BCUT2D eigenvalue weighted by atomic mass is 16.5. The SMILES string of the molecule is Cc1cc(C)nc(-n2nc(C)cc2NC(=O)COC(=O)CCC(=O)N2CCC(c3ccccc3)=N2)n1. The summed E-state index contributed by atoms with van der Waals surface area (Å²) in [7, 11) is 0. The highest BCUT2D eigenvalue weighted by molar-refractivity contribution is 6.02. The second-order valence-corrected chi connectivity index (χ2v) is 8.42. The van der Waals surface area contributed by atoms with Gasteiger partial charge in [0, 0.05) is 30.3 Å². The quantitative estimate of drug-likeness (QED) is 0.481.